The summed E-state index contributed by atoms with van der Waals surface area (Å²) >= 11 is 0. The highest BCUT2D eigenvalue weighted by Crippen LogP contribution is 2.18. The first-order valence-corrected chi connectivity index (χ1v) is 8.65. The van der Waals surface area contributed by atoms with E-state index in [2.05, 4.69) is 12.2 Å². The Morgan fingerprint density at radius 3 is 2.25 bits per heavy atom. The Labute approximate surface area is 145 Å². The Morgan fingerprint density at radius 1 is 1.25 bits per heavy atom. The SMILES string of the molecule is CCCC(C)[C@H](N)C(OC(C)C)C(=O)NC(C)(CC(=O)O)OCC. The quantitative estimate of drug-likeness (QED) is 0.465. The summed E-state index contributed by atoms with van der Waals surface area (Å²) in [5.41, 5.74) is 4.95. The molecule has 0 aliphatic rings. The molecule has 142 valence electrons. The van der Waals surface area contributed by atoms with Gasteiger partial charge in [0.05, 0.1) is 12.5 Å². The van der Waals surface area contributed by atoms with Gasteiger partial charge in [0.2, 0.25) is 0 Å². The van der Waals surface area contributed by atoms with Crippen molar-refractivity contribution in [2.75, 3.05) is 6.61 Å². The minimum Gasteiger partial charge on any atom is -0.481 e. The number of carbonyl (C=O) groups excluding carboxylic acids is 1. The zero-order valence-electron chi connectivity index (χ0n) is 15.8. The molecule has 0 heterocycles. The van der Waals surface area contributed by atoms with Crippen LogP contribution in [0, 0.1) is 5.92 Å². The summed E-state index contributed by atoms with van der Waals surface area (Å²) in [6.45, 7) is 11.3. The molecule has 0 aliphatic carbocycles. The third-order valence-electron chi connectivity index (χ3n) is 3.77. The van der Waals surface area contributed by atoms with Gasteiger partial charge < -0.3 is 25.6 Å². The Bertz CT molecular complexity index is 402. The van der Waals surface area contributed by atoms with Crippen molar-refractivity contribution >= 4 is 11.9 Å². The molecule has 24 heavy (non-hydrogen) atoms. The zero-order valence-corrected chi connectivity index (χ0v) is 15.8. The fourth-order valence-electron chi connectivity index (χ4n) is 2.64. The lowest BCUT2D eigenvalue weighted by Crippen LogP contribution is -2.58. The lowest BCUT2D eigenvalue weighted by atomic mass is 9.92. The Balaban J connectivity index is 5.24. The van der Waals surface area contributed by atoms with E-state index in [1.807, 2.05) is 20.8 Å². The van der Waals surface area contributed by atoms with Crippen LogP contribution in [0.1, 0.15) is 60.8 Å². The molecule has 0 saturated carbocycles. The van der Waals surface area contributed by atoms with Gasteiger partial charge in [-0.05, 0) is 40.0 Å². The second-order valence-electron chi connectivity index (χ2n) is 6.67. The molecule has 7 heteroatoms. The summed E-state index contributed by atoms with van der Waals surface area (Å²) < 4.78 is 11.2. The lowest BCUT2D eigenvalue weighted by molar-refractivity contribution is -0.156. The fourth-order valence-corrected chi connectivity index (χ4v) is 2.64. The highest BCUT2D eigenvalue weighted by Gasteiger charge is 2.37. The number of amides is 1. The maximum atomic E-state index is 12.7. The van der Waals surface area contributed by atoms with E-state index >= 15 is 0 Å². The first-order chi connectivity index (χ1) is 11.1. The number of carboxylic acids is 1. The zero-order chi connectivity index (χ0) is 18.9. The van der Waals surface area contributed by atoms with Gasteiger partial charge in [-0.2, -0.15) is 0 Å². The van der Waals surface area contributed by atoms with Gasteiger partial charge in [0.1, 0.15) is 5.72 Å². The Morgan fingerprint density at radius 2 is 1.83 bits per heavy atom. The molecule has 0 spiro atoms. The second kappa shape index (κ2) is 10.6. The van der Waals surface area contributed by atoms with E-state index in [1.54, 1.807) is 6.92 Å². The number of nitrogens with two attached hydrogens (primary N) is 1. The summed E-state index contributed by atoms with van der Waals surface area (Å²) in [5, 5.41) is 11.7. The van der Waals surface area contributed by atoms with Crippen molar-refractivity contribution in [1.82, 2.24) is 5.32 Å². The molecule has 3 unspecified atom stereocenters. The normalized spacial score (nSPS) is 17.8. The van der Waals surface area contributed by atoms with Gasteiger partial charge >= 0.3 is 5.97 Å². The largest absolute Gasteiger partial charge is 0.481 e. The number of carbonyl (C=O) groups is 2. The first kappa shape index (κ1) is 22.8. The number of ether oxygens (including phenoxy) is 2. The minimum absolute atomic E-state index is 0.0994. The van der Waals surface area contributed by atoms with Crippen molar-refractivity contribution in [2.45, 2.75) is 84.8 Å². The third-order valence-corrected chi connectivity index (χ3v) is 3.77. The monoisotopic (exact) mass is 346 g/mol. The fraction of sp³-hybridized carbons (Fsp3) is 0.882. The molecule has 0 rings (SSSR count). The Hall–Kier alpha value is -1.18. The number of aliphatic carboxylic acids is 1. The molecule has 0 bridgehead atoms. The lowest BCUT2D eigenvalue weighted by Gasteiger charge is -2.34. The molecular weight excluding hydrogens is 312 g/mol. The van der Waals surface area contributed by atoms with E-state index in [1.165, 1.54) is 6.92 Å². The van der Waals surface area contributed by atoms with Gasteiger partial charge in [-0.3, -0.25) is 9.59 Å². The van der Waals surface area contributed by atoms with Crippen molar-refractivity contribution in [3.05, 3.63) is 0 Å². The van der Waals surface area contributed by atoms with E-state index in [9.17, 15) is 9.59 Å². The van der Waals surface area contributed by atoms with Crippen LogP contribution in [0.3, 0.4) is 0 Å². The van der Waals surface area contributed by atoms with Crippen LogP contribution < -0.4 is 11.1 Å². The molecule has 4 N–H and O–H groups in total. The van der Waals surface area contributed by atoms with Crippen LogP contribution in [0.5, 0.6) is 0 Å². The molecule has 0 aromatic heterocycles. The van der Waals surface area contributed by atoms with Crippen molar-refractivity contribution < 1.29 is 24.2 Å². The van der Waals surface area contributed by atoms with Crippen LogP contribution in [0.15, 0.2) is 0 Å². The average molecular weight is 346 g/mol. The molecule has 0 radical (unpaired) electrons. The summed E-state index contributed by atoms with van der Waals surface area (Å²) in [5.74, 6) is -1.41. The van der Waals surface area contributed by atoms with Crippen LogP contribution in [0.25, 0.3) is 0 Å². The molecule has 0 aromatic carbocycles. The van der Waals surface area contributed by atoms with Crippen LogP contribution in [0.4, 0.5) is 0 Å². The van der Waals surface area contributed by atoms with Crippen molar-refractivity contribution in [1.29, 1.82) is 0 Å². The van der Waals surface area contributed by atoms with E-state index in [4.69, 9.17) is 20.3 Å². The van der Waals surface area contributed by atoms with Gasteiger partial charge in [-0.25, -0.2) is 0 Å². The smallest absolute Gasteiger partial charge is 0.308 e. The van der Waals surface area contributed by atoms with Crippen molar-refractivity contribution in [2.24, 2.45) is 11.7 Å². The number of carboxylic acid groups (broad SMARTS) is 1. The van der Waals surface area contributed by atoms with E-state index in [0.717, 1.165) is 12.8 Å². The molecule has 0 aliphatic heterocycles. The average Bonchev–Trinajstić information content (AvgIpc) is 2.42. The van der Waals surface area contributed by atoms with Crippen LogP contribution >= 0.6 is 0 Å². The van der Waals surface area contributed by atoms with Crippen LogP contribution in [-0.4, -0.2) is 47.6 Å². The molecule has 0 aromatic rings. The summed E-state index contributed by atoms with van der Waals surface area (Å²) in [7, 11) is 0. The van der Waals surface area contributed by atoms with Crippen LogP contribution in [-0.2, 0) is 19.1 Å². The summed E-state index contributed by atoms with van der Waals surface area (Å²) in [4.78, 5) is 23.8. The number of rotatable bonds is 12. The standard InChI is InChI=1S/C17H34N2O5/c1-7-9-12(5)14(18)15(24-11(3)4)16(22)19-17(6,23-8-2)10-13(20)21/h11-12,14-15H,7-10,18H2,1-6H3,(H,19,22)(H,20,21)/t12?,14-,15?,17?/m0/s1. The second-order valence-corrected chi connectivity index (χ2v) is 6.67. The highest BCUT2D eigenvalue weighted by molar-refractivity contribution is 5.83. The topological polar surface area (TPSA) is 111 Å². The number of hydrogen-bond donors (Lipinski definition) is 3. The molecule has 7 nitrogen and oxygen atoms in total. The van der Waals surface area contributed by atoms with Gasteiger partial charge in [-0.15, -0.1) is 0 Å². The van der Waals surface area contributed by atoms with Crippen molar-refractivity contribution in [3.8, 4) is 0 Å². The number of hydrogen-bond acceptors (Lipinski definition) is 5. The van der Waals surface area contributed by atoms with E-state index in [-0.39, 0.29) is 25.0 Å². The van der Waals surface area contributed by atoms with Gasteiger partial charge in [0, 0.05) is 12.6 Å². The van der Waals surface area contributed by atoms with Gasteiger partial charge in [0.15, 0.2) is 6.10 Å². The molecule has 1 amide bonds. The Kier molecular flexibility index (Phi) is 10.1. The highest BCUT2D eigenvalue weighted by atomic mass is 16.5. The van der Waals surface area contributed by atoms with E-state index in [0.29, 0.717) is 0 Å². The van der Waals surface area contributed by atoms with Gasteiger partial charge in [0.25, 0.3) is 5.91 Å². The molecular formula is C17H34N2O5. The maximum Gasteiger partial charge on any atom is 0.308 e. The van der Waals surface area contributed by atoms with Crippen molar-refractivity contribution in [3.63, 3.8) is 0 Å². The predicted octanol–water partition coefficient (Wildman–Crippen LogP) is 1.89. The van der Waals surface area contributed by atoms with E-state index < -0.39 is 29.7 Å². The maximum absolute atomic E-state index is 12.7. The minimum atomic E-state index is -1.30. The first-order valence-electron chi connectivity index (χ1n) is 8.65. The third kappa shape index (κ3) is 8.08. The summed E-state index contributed by atoms with van der Waals surface area (Å²) in [6.07, 6.45) is 0.449. The molecule has 0 saturated heterocycles. The molecule has 0 fully saturated rings. The van der Waals surface area contributed by atoms with Gasteiger partial charge in [-0.1, -0.05) is 20.3 Å². The summed E-state index contributed by atoms with van der Waals surface area (Å²) in [6, 6.07) is -0.483. The molecule has 4 atom stereocenters. The number of nitrogens with one attached hydrogen (secondary N) is 1. The predicted molar refractivity (Wildman–Crippen MR) is 92.5 cm³/mol. The van der Waals surface area contributed by atoms with Crippen LogP contribution in [0.2, 0.25) is 0 Å².